The maximum absolute atomic E-state index is 5.29. The molecule has 7 heteroatoms. The molecular weight excluding hydrogens is 304 g/mol. The lowest BCUT2D eigenvalue weighted by Crippen LogP contribution is -2.18. The van der Waals surface area contributed by atoms with Crippen LogP contribution >= 0.6 is 0 Å². The van der Waals surface area contributed by atoms with Crippen molar-refractivity contribution in [2.24, 2.45) is 0 Å². The summed E-state index contributed by atoms with van der Waals surface area (Å²) in [7, 11) is 0. The summed E-state index contributed by atoms with van der Waals surface area (Å²) in [5.74, 6) is 0.419. The number of hydrogen-bond acceptors (Lipinski definition) is 6. The van der Waals surface area contributed by atoms with Crippen LogP contribution < -0.4 is 4.90 Å². The first-order valence-corrected chi connectivity index (χ1v) is 8.10. The van der Waals surface area contributed by atoms with Crippen molar-refractivity contribution in [1.82, 2.24) is 24.6 Å². The first-order chi connectivity index (χ1) is 11.8. The number of pyridine rings is 2. The Labute approximate surface area is 138 Å². The first kappa shape index (κ1) is 13.5. The molecule has 0 spiro atoms. The fourth-order valence-corrected chi connectivity index (χ4v) is 3.40. The van der Waals surface area contributed by atoms with Crippen molar-refractivity contribution in [3.8, 4) is 11.6 Å². The molecule has 24 heavy (non-hydrogen) atoms. The molecule has 0 radical (unpaired) electrons. The van der Waals surface area contributed by atoms with Crippen LogP contribution in [-0.4, -0.2) is 37.7 Å². The van der Waals surface area contributed by atoms with Gasteiger partial charge in [0.05, 0.1) is 5.69 Å². The SMILES string of the molecule is Cc1ccc2c(N3CCCC3)cc3nc(-c4nnco4)cn3c2n1. The molecule has 1 aliphatic heterocycles. The summed E-state index contributed by atoms with van der Waals surface area (Å²) >= 11 is 0. The highest BCUT2D eigenvalue weighted by atomic mass is 16.4. The van der Waals surface area contributed by atoms with Gasteiger partial charge in [0, 0.05) is 36.4 Å². The number of aromatic nitrogens is 5. The predicted molar refractivity (Wildman–Crippen MR) is 90.0 cm³/mol. The number of anilines is 1. The van der Waals surface area contributed by atoms with Gasteiger partial charge < -0.3 is 9.32 Å². The average molecular weight is 320 g/mol. The van der Waals surface area contributed by atoms with Crippen LogP contribution in [0.2, 0.25) is 0 Å². The second kappa shape index (κ2) is 5.02. The smallest absolute Gasteiger partial charge is 0.267 e. The summed E-state index contributed by atoms with van der Waals surface area (Å²) in [5, 5.41) is 8.83. The lowest BCUT2D eigenvalue weighted by atomic mass is 10.2. The molecule has 0 aromatic carbocycles. The van der Waals surface area contributed by atoms with Crippen LogP contribution in [0, 0.1) is 6.92 Å². The van der Waals surface area contributed by atoms with Crippen molar-refractivity contribution in [1.29, 1.82) is 0 Å². The van der Waals surface area contributed by atoms with Crippen LogP contribution in [0.5, 0.6) is 0 Å². The van der Waals surface area contributed by atoms with Gasteiger partial charge in [0.2, 0.25) is 6.39 Å². The van der Waals surface area contributed by atoms with E-state index < -0.39 is 0 Å². The zero-order valence-electron chi connectivity index (χ0n) is 13.3. The quantitative estimate of drug-likeness (QED) is 0.565. The van der Waals surface area contributed by atoms with Gasteiger partial charge in [-0.25, -0.2) is 9.97 Å². The minimum atomic E-state index is 0.419. The van der Waals surface area contributed by atoms with Gasteiger partial charge in [-0.2, -0.15) is 0 Å². The molecule has 4 aromatic rings. The van der Waals surface area contributed by atoms with E-state index in [1.54, 1.807) is 0 Å². The van der Waals surface area contributed by atoms with Crippen LogP contribution in [0.1, 0.15) is 18.5 Å². The first-order valence-electron chi connectivity index (χ1n) is 8.10. The fraction of sp³-hybridized carbons (Fsp3) is 0.294. The van der Waals surface area contributed by atoms with E-state index in [1.165, 1.54) is 24.9 Å². The highest BCUT2D eigenvalue weighted by Gasteiger charge is 2.19. The summed E-state index contributed by atoms with van der Waals surface area (Å²) in [6.07, 6.45) is 5.68. The van der Waals surface area contributed by atoms with E-state index in [-0.39, 0.29) is 0 Å². The van der Waals surface area contributed by atoms with Crippen molar-refractivity contribution in [3.05, 3.63) is 36.5 Å². The molecule has 5 heterocycles. The van der Waals surface area contributed by atoms with Gasteiger partial charge in [0.15, 0.2) is 0 Å². The largest absolute Gasteiger partial charge is 0.422 e. The van der Waals surface area contributed by atoms with E-state index in [1.807, 2.05) is 17.5 Å². The number of nitrogens with zero attached hydrogens (tertiary/aromatic N) is 6. The van der Waals surface area contributed by atoms with Crippen molar-refractivity contribution in [2.45, 2.75) is 19.8 Å². The van der Waals surface area contributed by atoms with Gasteiger partial charge in [-0.3, -0.25) is 4.40 Å². The fourth-order valence-electron chi connectivity index (χ4n) is 3.40. The topological polar surface area (TPSA) is 72.4 Å². The molecule has 0 saturated carbocycles. The molecule has 1 fully saturated rings. The Kier molecular flexibility index (Phi) is 2.82. The Morgan fingerprint density at radius 3 is 2.79 bits per heavy atom. The zero-order valence-corrected chi connectivity index (χ0v) is 13.3. The molecule has 0 bridgehead atoms. The van der Waals surface area contributed by atoms with Crippen molar-refractivity contribution >= 4 is 22.4 Å². The molecule has 5 rings (SSSR count). The lowest BCUT2D eigenvalue weighted by Gasteiger charge is -2.20. The van der Waals surface area contributed by atoms with E-state index in [4.69, 9.17) is 9.40 Å². The number of fused-ring (bicyclic) bond motifs is 3. The van der Waals surface area contributed by atoms with Crippen LogP contribution in [0.25, 0.3) is 28.3 Å². The standard InChI is InChI=1S/C17H16N6O/c1-11-4-5-12-14(22-6-2-3-7-22)8-15-20-13(17-21-18-10-24-17)9-23(15)16(12)19-11/h4-5,8-10H,2-3,6-7H2,1H3. The summed E-state index contributed by atoms with van der Waals surface area (Å²) in [6.45, 7) is 4.16. The number of aryl methyl sites for hydroxylation is 1. The average Bonchev–Trinajstić information content (AvgIpc) is 3.33. The monoisotopic (exact) mass is 320 g/mol. The molecule has 1 saturated heterocycles. The zero-order chi connectivity index (χ0) is 16.1. The van der Waals surface area contributed by atoms with Crippen molar-refractivity contribution in [2.75, 3.05) is 18.0 Å². The van der Waals surface area contributed by atoms with Gasteiger partial charge in [0.1, 0.15) is 17.0 Å². The van der Waals surface area contributed by atoms with E-state index >= 15 is 0 Å². The van der Waals surface area contributed by atoms with Gasteiger partial charge in [0.25, 0.3) is 5.89 Å². The Morgan fingerprint density at radius 1 is 1.12 bits per heavy atom. The van der Waals surface area contributed by atoms with Crippen molar-refractivity contribution in [3.63, 3.8) is 0 Å². The number of hydrogen-bond donors (Lipinski definition) is 0. The van der Waals surface area contributed by atoms with Gasteiger partial charge in [-0.05, 0) is 31.9 Å². The third-order valence-corrected chi connectivity index (χ3v) is 4.54. The molecule has 0 N–H and O–H groups in total. The third-order valence-electron chi connectivity index (χ3n) is 4.54. The van der Waals surface area contributed by atoms with E-state index in [0.29, 0.717) is 11.6 Å². The number of imidazole rings is 1. The Bertz CT molecular complexity index is 1030. The summed E-state index contributed by atoms with van der Waals surface area (Å²) < 4.78 is 7.29. The highest BCUT2D eigenvalue weighted by Crippen LogP contribution is 2.31. The Morgan fingerprint density at radius 2 is 2.00 bits per heavy atom. The maximum Gasteiger partial charge on any atom is 0.267 e. The number of rotatable bonds is 2. The predicted octanol–water partition coefficient (Wildman–Crippen LogP) is 2.84. The van der Waals surface area contributed by atoms with E-state index in [0.717, 1.165) is 35.5 Å². The molecule has 120 valence electrons. The minimum Gasteiger partial charge on any atom is -0.422 e. The van der Waals surface area contributed by atoms with Crippen molar-refractivity contribution < 1.29 is 4.42 Å². The molecule has 0 atom stereocenters. The minimum absolute atomic E-state index is 0.419. The van der Waals surface area contributed by atoms with Gasteiger partial charge in [-0.1, -0.05) is 0 Å². The molecule has 0 aliphatic carbocycles. The lowest BCUT2D eigenvalue weighted by molar-refractivity contribution is 0.567. The summed E-state index contributed by atoms with van der Waals surface area (Å²) in [4.78, 5) is 11.8. The van der Waals surface area contributed by atoms with Crippen LogP contribution in [0.3, 0.4) is 0 Å². The third kappa shape index (κ3) is 1.97. The van der Waals surface area contributed by atoms with E-state index in [2.05, 4.69) is 38.3 Å². The molecule has 7 nitrogen and oxygen atoms in total. The molecule has 1 aliphatic rings. The second-order valence-electron chi connectivity index (χ2n) is 6.15. The second-order valence-corrected chi connectivity index (χ2v) is 6.15. The Balaban J connectivity index is 1.82. The van der Waals surface area contributed by atoms with Crippen LogP contribution in [-0.2, 0) is 0 Å². The molecular formula is C17H16N6O. The van der Waals surface area contributed by atoms with Crippen LogP contribution in [0.4, 0.5) is 5.69 Å². The Hall–Kier alpha value is -2.96. The van der Waals surface area contributed by atoms with Crippen LogP contribution in [0.15, 0.2) is 35.2 Å². The van der Waals surface area contributed by atoms with Gasteiger partial charge >= 0.3 is 0 Å². The molecule has 0 unspecified atom stereocenters. The normalized spacial score (nSPS) is 15.0. The summed E-state index contributed by atoms with van der Waals surface area (Å²) in [5.41, 5.74) is 4.60. The van der Waals surface area contributed by atoms with E-state index in [9.17, 15) is 0 Å². The summed E-state index contributed by atoms with van der Waals surface area (Å²) in [6, 6.07) is 6.34. The van der Waals surface area contributed by atoms with Gasteiger partial charge in [-0.15, -0.1) is 10.2 Å². The molecule has 0 amide bonds. The molecule has 4 aromatic heterocycles. The maximum atomic E-state index is 5.29. The highest BCUT2D eigenvalue weighted by molar-refractivity contribution is 5.93.